The highest BCUT2D eigenvalue weighted by molar-refractivity contribution is 9.10. The zero-order valence-electron chi connectivity index (χ0n) is 9.84. The van der Waals surface area contributed by atoms with Crippen LogP contribution in [0, 0.1) is 0 Å². The summed E-state index contributed by atoms with van der Waals surface area (Å²) in [5.74, 6) is 0.904. The van der Waals surface area contributed by atoms with Gasteiger partial charge in [0.25, 0.3) is 0 Å². The Bertz CT molecular complexity index is 570. The highest BCUT2D eigenvalue weighted by Gasteiger charge is 2.26. The van der Waals surface area contributed by atoms with Gasteiger partial charge in [0, 0.05) is 22.5 Å². The lowest BCUT2D eigenvalue weighted by Crippen LogP contribution is -2.24. The molecule has 3 heteroatoms. The van der Waals surface area contributed by atoms with Gasteiger partial charge in [-0.3, -0.25) is 0 Å². The summed E-state index contributed by atoms with van der Waals surface area (Å²) in [6, 6.07) is 16.3. The first-order valence-electron chi connectivity index (χ1n) is 6.00. The number of hydrogen-bond acceptors (Lipinski definition) is 2. The van der Waals surface area contributed by atoms with Crippen LogP contribution in [0.2, 0.25) is 0 Å². The van der Waals surface area contributed by atoms with E-state index in [1.54, 1.807) is 0 Å². The van der Waals surface area contributed by atoms with Crippen molar-refractivity contribution in [3.05, 3.63) is 64.1 Å². The van der Waals surface area contributed by atoms with Gasteiger partial charge in [0.05, 0.1) is 0 Å². The number of nitrogens with two attached hydrogens (primary N) is 1. The van der Waals surface area contributed by atoms with E-state index in [4.69, 9.17) is 10.5 Å². The van der Waals surface area contributed by atoms with Gasteiger partial charge in [-0.1, -0.05) is 46.3 Å². The summed E-state index contributed by atoms with van der Waals surface area (Å²) in [6.45, 7) is 0. The van der Waals surface area contributed by atoms with E-state index in [1.165, 1.54) is 0 Å². The summed E-state index contributed by atoms with van der Waals surface area (Å²) < 4.78 is 7.11. The second kappa shape index (κ2) is 4.75. The van der Waals surface area contributed by atoms with Crippen molar-refractivity contribution in [2.75, 3.05) is 0 Å². The predicted molar refractivity (Wildman–Crippen MR) is 75.5 cm³/mol. The average molecular weight is 304 g/mol. The van der Waals surface area contributed by atoms with Crippen molar-refractivity contribution in [3.8, 4) is 5.75 Å². The van der Waals surface area contributed by atoms with Crippen LogP contribution in [0.25, 0.3) is 0 Å². The summed E-state index contributed by atoms with van der Waals surface area (Å²) in [4.78, 5) is 0. The maximum absolute atomic E-state index is 6.22. The number of para-hydroxylation sites is 1. The largest absolute Gasteiger partial charge is 0.485 e. The number of rotatable bonds is 1. The standard InChI is InChI=1S/C15H14BrNO/c16-11-5-3-4-10(8-11)15-9-13(17)12-6-1-2-7-14(12)18-15/h1-8,13,15H,9,17H2/t13-,15?/m1/s1. The van der Waals surface area contributed by atoms with Gasteiger partial charge in [-0.25, -0.2) is 0 Å². The second-order valence-corrected chi connectivity index (χ2v) is 5.46. The van der Waals surface area contributed by atoms with Crippen molar-refractivity contribution >= 4 is 15.9 Å². The minimum absolute atomic E-state index is 0.0346. The second-order valence-electron chi connectivity index (χ2n) is 4.54. The third-order valence-electron chi connectivity index (χ3n) is 3.28. The Morgan fingerprint density at radius 3 is 2.78 bits per heavy atom. The minimum atomic E-state index is 0.0346. The molecule has 2 aromatic carbocycles. The highest BCUT2D eigenvalue weighted by Crippen LogP contribution is 2.39. The lowest BCUT2D eigenvalue weighted by atomic mass is 9.94. The Labute approximate surface area is 115 Å². The quantitative estimate of drug-likeness (QED) is 0.865. The molecule has 3 rings (SSSR count). The lowest BCUT2D eigenvalue weighted by Gasteiger charge is -2.30. The van der Waals surface area contributed by atoms with Crippen LogP contribution in [0.4, 0.5) is 0 Å². The van der Waals surface area contributed by atoms with E-state index in [0.29, 0.717) is 0 Å². The maximum Gasteiger partial charge on any atom is 0.126 e. The molecular formula is C15H14BrNO. The minimum Gasteiger partial charge on any atom is -0.485 e. The normalized spacial score (nSPS) is 22.1. The van der Waals surface area contributed by atoms with Crippen molar-refractivity contribution in [2.24, 2.45) is 5.73 Å². The van der Waals surface area contributed by atoms with E-state index < -0.39 is 0 Å². The Hall–Kier alpha value is -1.32. The Balaban J connectivity index is 1.94. The van der Waals surface area contributed by atoms with Gasteiger partial charge in [-0.05, 0) is 23.8 Å². The molecule has 0 saturated heterocycles. The molecule has 2 nitrogen and oxygen atoms in total. The smallest absolute Gasteiger partial charge is 0.126 e. The molecule has 1 aliphatic rings. The van der Waals surface area contributed by atoms with Gasteiger partial charge in [-0.15, -0.1) is 0 Å². The van der Waals surface area contributed by atoms with Gasteiger partial charge in [0.15, 0.2) is 0 Å². The van der Waals surface area contributed by atoms with Crippen molar-refractivity contribution < 1.29 is 4.74 Å². The first kappa shape index (κ1) is 11.8. The van der Waals surface area contributed by atoms with Gasteiger partial charge >= 0.3 is 0 Å². The first-order valence-corrected chi connectivity index (χ1v) is 6.80. The molecule has 92 valence electrons. The van der Waals surface area contributed by atoms with E-state index >= 15 is 0 Å². The molecule has 0 fully saturated rings. The zero-order chi connectivity index (χ0) is 12.5. The van der Waals surface area contributed by atoms with E-state index in [9.17, 15) is 0 Å². The molecule has 18 heavy (non-hydrogen) atoms. The number of fused-ring (bicyclic) bond motifs is 1. The van der Waals surface area contributed by atoms with Crippen LogP contribution >= 0.6 is 15.9 Å². The number of benzene rings is 2. The average Bonchev–Trinajstić information content (AvgIpc) is 2.39. The third kappa shape index (κ3) is 2.16. The molecule has 1 unspecified atom stereocenters. The lowest BCUT2D eigenvalue weighted by molar-refractivity contribution is 0.161. The maximum atomic E-state index is 6.22. The number of hydrogen-bond donors (Lipinski definition) is 1. The third-order valence-corrected chi connectivity index (χ3v) is 3.77. The van der Waals surface area contributed by atoms with Crippen LogP contribution in [0.1, 0.15) is 29.7 Å². The summed E-state index contributed by atoms with van der Waals surface area (Å²) in [7, 11) is 0. The fraction of sp³-hybridized carbons (Fsp3) is 0.200. The molecule has 0 aromatic heterocycles. The fourth-order valence-electron chi connectivity index (χ4n) is 2.36. The van der Waals surface area contributed by atoms with Crippen molar-refractivity contribution in [3.63, 3.8) is 0 Å². The van der Waals surface area contributed by atoms with Crippen LogP contribution in [0.5, 0.6) is 5.75 Å². The Morgan fingerprint density at radius 2 is 1.94 bits per heavy atom. The number of halogens is 1. The first-order chi connectivity index (χ1) is 8.74. The molecule has 0 aliphatic carbocycles. The predicted octanol–water partition coefficient (Wildman–Crippen LogP) is 3.97. The molecule has 2 atom stereocenters. The van der Waals surface area contributed by atoms with E-state index in [1.807, 2.05) is 36.4 Å². The monoisotopic (exact) mass is 303 g/mol. The molecule has 2 N–H and O–H groups in total. The molecule has 2 aromatic rings. The van der Waals surface area contributed by atoms with Crippen molar-refractivity contribution in [1.29, 1.82) is 0 Å². The molecule has 1 heterocycles. The zero-order valence-corrected chi connectivity index (χ0v) is 11.4. The molecular weight excluding hydrogens is 290 g/mol. The molecule has 1 aliphatic heterocycles. The fourth-order valence-corrected chi connectivity index (χ4v) is 2.78. The Kier molecular flexibility index (Phi) is 3.10. The van der Waals surface area contributed by atoms with Gasteiger partial charge < -0.3 is 10.5 Å². The molecule has 0 bridgehead atoms. The topological polar surface area (TPSA) is 35.2 Å². The molecule has 0 spiro atoms. The van der Waals surface area contributed by atoms with Crippen LogP contribution in [-0.4, -0.2) is 0 Å². The van der Waals surface area contributed by atoms with Crippen molar-refractivity contribution in [1.82, 2.24) is 0 Å². The van der Waals surface area contributed by atoms with Crippen LogP contribution in [0.3, 0.4) is 0 Å². The summed E-state index contributed by atoms with van der Waals surface area (Å²) in [6.07, 6.45) is 0.848. The van der Waals surface area contributed by atoms with Crippen LogP contribution < -0.4 is 10.5 Å². The summed E-state index contributed by atoms with van der Waals surface area (Å²) in [5, 5.41) is 0. The summed E-state index contributed by atoms with van der Waals surface area (Å²) in [5.41, 5.74) is 8.48. The molecule has 0 amide bonds. The van der Waals surface area contributed by atoms with E-state index in [0.717, 1.165) is 27.8 Å². The molecule has 0 saturated carbocycles. The summed E-state index contributed by atoms with van der Waals surface area (Å²) >= 11 is 3.49. The number of ether oxygens (including phenoxy) is 1. The van der Waals surface area contributed by atoms with Gasteiger partial charge in [0.2, 0.25) is 0 Å². The van der Waals surface area contributed by atoms with Gasteiger partial charge in [0.1, 0.15) is 11.9 Å². The highest BCUT2D eigenvalue weighted by atomic mass is 79.9. The van der Waals surface area contributed by atoms with E-state index in [-0.39, 0.29) is 12.1 Å². The van der Waals surface area contributed by atoms with Crippen LogP contribution in [0.15, 0.2) is 53.0 Å². The van der Waals surface area contributed by atoms with E-state index in [2.05, 4.69) is 28.1 Å². The molecule has 0 radical (unpaired) electrons. The van der Waals surface area contributed by atoms with Crippen LogP contribution in [-0.2, 0) is 0 Å². The SMILES string of the molecule is N[C@@H]1CC(c2cccc(Br)c2)Oc2ccccc21. The van der Waals surface area contributed by atoms with Crippen molar-refractivity contribution in [2.45, 2.75) is 18.6 Å². The Morgan fingerprint density at radius 1 is 1.11 bits per heavy atom. The van der Waals surface area contributed by atoms with Gasteiger partial charge in [-0.2, -0.15) is 0 Å².